The Morgan fingerprint density at radius 2 is 1.71 bits per heavy atom. The number of benzene rings is 1. The summed E-state index contributed by atoms with van der Waals surface area (Å²) in [6.45, 7) is 6.69. The molecule has 168 valence electrons. The van der Waals surface area contributed by atoms with Crippen LogP contribution in [0.4, 0.5) is 10.7 Å². The highest BCUT2D eigenvalue weighted by Crippen LogP contribution is 2.34. The van der Waals surface area contributed by atoms with Crippen molar-refractivity contribution in [2.75, 3.05) is 31.5 Å². The molecule has 1 N–H and O–H groups in total. The van der Waals surface area contributed by atoms with Gasteiger partial charge in [0.1, 0.15) is 0 Å². The molecular formula is C24H35N5O2. The summed E-state index contributed by atoms with van der Waals surface area (Å²) in [7, 11) is 0. The number of likely N-dealkylation sites (tertiary alicyclic amines) is 1. The average molecular weight is 426 g/mol. The molecule has 1 aromatic carbocycles. The number of amides is 3. The topological polar surface area (TPSA) is 70.5 Å². The predicted molar refractivity (Wildman–Crippen MR) is 123 cm³/mol. The Kier molecular flexibility index (Phi) is 6.78. The summed E-state index contributed by atoms with van der Waals surface area (Å²) in [5.74, 6) is 0.627. The van der Waals surface area contributed by atoms with E-state index in [1.807, 2.05) is 41.8 Å². The van der Waals surface area contributed by atoms with Crippen LogP contribution >= 0.6 is 0 Å². The van der Waals surface area contributed by atoms with Crippen LogP contribution in [-0.2, 0) is 4.79 Å². The van der Waals surface area contributed by atoms with Crippen LogP contribution < -0.4 is 5.32 Å². The van der Waals surface area contributed by atoms with E-state index >= 15 is 0 Å². The monoisotopic (exact) mass is 425 g/mol. The normalized spacial score (nSPS) is 18.3. The highest BCUT2D eigenvalue weighted by molar-refractivity contribution is 5.93. The molecule has 1 aliphatic carbocycles. The van der Waals surface area contributed by atoms with Crippen molar-refractivity contribution in [1.82, 2.24) is 19.4 Å². The summed E-state index contributed by atoms with van der Waals surface area (Å²) in [5, 5.41) is 3.16. The van der Waals surface area contributed by atoms with E-state index < -0.39 is 0 Å². The van der Waals surface area contributed by atoms with Crippen molar-refractivity contribution in [3.05, 3.63) is 24.3 Å². The molecule has 1 aromatic heterocycles. The number of hydrogen-bond donors (Lipinski definition) is 1. The summed E-state index contributed by atoms with van der Waals surface area (Å²) in [6, 6.07) is 8.63. The number of rotatable bonds is 5. The van der Waals surface area contributed by atoms with Crippen LogP contribution in [0.2, 0.25) is 0 Å². The maximum atomic E-state index is 13.1. The standard InChI is InChI=1S/C24H35N5O2/c1-3-27(4-2)24(31)28-16-14-18(15-17-28)22(30)26-23-25-20-12-8-9-13-21(20)29(23)19-10-6-5-7-11-19/h8-9,12-13,18-19H,3-7,10-11,14-17H2,1-2H3,(H,25,26,30). The molecule has 3 amide bonds. The Morgan fingerprint density at radius 1 is 1.03 bits per heavy atom. The molecule has 0 atom stereocenters. The Bertz CT molecular complexity index is 906. The zero-order valence-electron chi connectivity index (χ0n) is 18.8. The number of aromatic nitrogens is 2. The number of hydrogen-bond acceptors (Lipinski definition) is 3. The number of nitrogens with zero attached hydrogens (tertiary/aromatic N) is 4. The number of fused-ring (bicyclic) bond motifs is 1. The Labute approximate surface area is 184 Å². The van der Waals surface area contributed by atoms with Crippen molar-refractivity contribution in [3.8, 4) is 0 Å². The van der Waals surface area contributed by atoms with Gasteiger partial charge in [0.25, 0.3) is 0 Å². The number of carbonyl (C=O) groups is 2. The van der Waals surface area contributed by atoms with Gasteiger partial charge in [-0.2, -0.15) is 0 Å². The minimum atomic E-state index is -0.0830. The molecule has 4 rings (SSSR count). The van der Waals surface area contributed by atoms with Crippen molar-refractivity contribution in [2.45, 2.75) is 64.8 Å². The van der Waals surface area contributed by atoms with E-state index in [1.54, 1.807) is 0 Å². The van der Waals surface area contributed by atoms with Crippen LogP contribution in [0.25, 0.3) is 11.0 Å². The highest BCUT2D eigenvalue weighted by atomic mass is 16.2. The lowest BCUT2D eigenvalue weighted by Gasteiger charge is -2.34. The molecule has 2 aromatic rings. The molecule has 2 fully saturated rings. The van der Waals surface area contributed by atoms with Crippen LogP contribution in [0.5, 0.6) is 0 Å². The van der Waals surface area contributed by atoms with Crippen molar-refractivity contribution < 1.29 is 9.59 Å². The predicted octanol–water partition coefficient (Wildman–Crippen LogP) is 4.65. The molecule has 0 radical (unpaired) electrons. The first-order valence-electron chi connectivity index (χ1n) is 11.9. The molecule has 2 heterocycles. The van der Waals surface area contributed by atoms with E-state index in [0.29, 0.717) is 51.0 Å². The van der Waals surface area contributed by atoms with Gasteiger partial charge in [0.15, 0.2) is 0 Å². The van der Waals surface area contributed by atoms with E-state index in [2.05, 4.69) is 16.0 Å². The lowest BCUT2D eigenvalue weighted by molar-refractivity contribution is -0.121. The Morgan fingerprint density at radius 3 is 2.39 bits per heavy atom. The molecule has 7 heteroatoms. The second-order valence-electron chi connectivity index (χ2n) is 8.79. The molecule has 2 aliphatic rings. The lowest BCUT2D eigenvalue weighted by atomic mass is 9.95. The smallest absolute Gasteiger partial charge is 0.319 e. The maximum Gasteiger partial charge on any atom is 0.319 e. The zero-order chi connectivity index (χ0) is 21.8. The van der Waals surface area contributed by atoms with Gasteiger partial charge < -0.3 is 14.4 Å². The third kappa shape index (κ3) is 4.55. The first-order chi connectivity index (χ1) is 15.1. The molecule has 0 bridgehead atoms. The maximum absolute atomic E-state index is 13.1. The molecule has 1 saturated carbocycles. The quantitative estimate of drug-likeness (QED) is 0.758. The first kappa shape index (κ1) is 21.7. The number of carbonyl (C=O) groups excluding carboxylic acids is 2. The summed E-state index contributed by atoms with van der Waals surface area (Å²) in [5.41, 5.74) is 2.03. The van der Waals surface area contributed by atoms with Crippen LogP contribution in [0.1, 0.15) is 64.8 Å². The fraction of sp³-hybridized carbons (Fsp3) is 0.625. The van der Waals surface area contributed by atoms with Gasteiger partial charge in [0, 0.05) is 38.1 Å². The summed E-state index contributed by atoms with van der Waals surface area (Å²) < 4.78 is 2.26. The van der Waals surface area contributed by atoms with Crippen LogP contribution in [0, 0.1) is 5.92 Å². The Balaban J connectivity index is 1.45. The molecular weight excluding hydrogens is 390 g/mol. The lowest BCUT2D eigenvalue weighted by Crippen LogP contribution is -2.47. The van der Waals surface area contributed by atoms with Gasteiger partial charge in [-0.25, -0.2) is 9.78 Å². The van der Waals surface area contributed by atoms with Crippen LogP contribution in [0.15, 0.2) is 24.3 Å². The highest BCUT2D eigenvalue weighted by Gasteiger charge is 2.30. The van der Waals surface area contributed by atoms with Gasteiger partial charge in [-0.15, -0.1) is 0 Å². The minimum absolute atomic E-state index is 0.0299. The first-order valence-corrected chi connectivity index (χ1v) is 11.9. The van der Waals surface area contributed by atoms with Crippen LogP contribution in [-0.4, -0.2) is 57.5 Å². The zero-order valence-corrected chi connectivity index (χ0v) is 18.8. The van der Waals surface area contributed by atoms with Gasteiger partial charge in [-0.1, -0.05) is 31.4 Å². The number of para-hydroxylation sites is 2. The number of imidazole rings is 1. The van der Waals surface area contributed by atoms with E-state index in [1.165, 1.54) is 19.3 Å². The molecule has 0 unspecified atom stereocenters. The van der Waals surface area contributed by atoms with E-state index in [0.717, 1.165) is 23.9 Å². The number of piperidine rings is 1. The number of nitrogens with one attached hydrogen (secondary N) is 1. The summed E-state index contributed by atoms with van der Waals surface area (Å²) in [4.78, 5) is 34.2. The molecule has 31 heavy (non-hydrogen) atoms. The minimum Gasteiger partial charge on any atom is -0.325 e. The molecule has 0 spiro atoms. The van der Waals surface area contributed by atoms with Crippen molar-refractivity contribution in [3.63, 3.8) is 0 Å². The van der Waals surface area contributed by atoms with E-state index in [9.17, 15) is 9.59 Å². The second kappa shape index (κ2) is 9.71. The summed E-state index contributed by atoms with van der Waals surface area (Å²) in [6.07, 6.45) is 7.40. The number of urea groups is 1. The molecule has 1 saturated heterocycles. The van der Waals surface area contributed by atoms with Crippen molar-refractivity contribution >= 4 is 28.9 Å². The van der Waals surface area contributed by atoms with Gasteiger partial charge in [0.05, 0.1) is 11.0 Å². The SMILES string of the molecule is CCN(CC)C(=O)N1CCC(C(=O)Nc2nc3ccccc3n2C2CCCCC2)CC1. The number of anilines is 1. The fourth-order valence-corrected chi connectivity index (χ4v) is 5.08. The third-order valence-corrected chi connectivity index (χ3v) is 6.94. The largest absolute Gasteiger partial charge is 0.325 e. The van der Waals surface area contributed by atoms with E-state index in [4.69, 9.17) is 4.98 Å². The van der Waals surface area contributed by atoms with Crippen molar-refractivity contribution in [2.24, 2.45) is 5.92 Å². The Hall–Kier alpha value is -2.57. The van der Waals surface area contributed by atoms with Crippen molar-refractivity contribution in [1.29, 1.82) is 0 Å². The van der Waals surface area contributed by atoms with Gasteiger partial charge >= 0.3 is 6.03 Å². The third-order valence-electron chi connectivity index (χ3n) is 6.94. The van der Waals surface area contributed by atoms with Gasteiger partial charge in [-0.05, 0) is 51.7 Å². The van der Waals surface area contributed by atoms with Gasteiger partial charge in [0.2, 0.25) is 11.9 Å². The fourth-order valence-electron chi connectivity index (χ4n) is 5.08. The second-order valence-corrected chi connectivity index (χ2v) is 8.79. The van der Waals surface area contributed by atoms with E-state index in [-0.39, 0.29) is 17.9 Å². The molecule has 7 nitrogen and oxygen atoms in total. The van der Waals surface area contributed by atoms with Gasteiger partial charge in [-0.3, -0.25) is 10.1 Å². The average Bonchev–Trinajstić information content (AvgIpc) is 3.18. The summed E-state index contributed by atoms with van der Waals surface area (Å²) >= 11 is 0. The molecule has 1 aliphatic heterocycles. The van der Waals surface area contributed by atoms with Crippen LogP contribution in [0.3, 0.4) is 0 Å².